The van der Waals surface area contributed by atoms with Crippen LogP contribution in [0.5, 0.6) is 5.75 Å². The minimum Gasteiger partial charge on any atom is -0.495 e. The van der Waals surface area contributed by atoms with Gasteiger partial charge in [-0.3, -0.25) is 9.52 Å². The van der Waals surface area contributed by atoms with Crippen LogP contribution in [0.25, 0.3) is 0 Å². The standard InChI is InChI=1S/C23H23ClN2O4S2/c1-30-21-14-13-17(25-23(27)12-7-15-31-18-8-3-2-4-9-18)16-22(21)32(28,29)26-20-11-6-5-10-19(20)24/h2-6,8-11,13-14,16,26H,7,12,15H2,1H3,(H,25,27). The first-order valence-electron chi connectivity index (χ1n) is 9.82. The predicted octanol–water partition coefficient (Wildman–Crippen LogP) is 5.66. The Morgan fingerprint density at radius 3 is 2.47 bits per heavy atom. The van der Waals surface area contributed by atoms with E-state index in [1.54, 1.807) is 42.1 Å². The highest BCUT2D eigenvalue weighted by molar-refractivity contribution is 7.99. The Morgan fingerprint density at radius 2 is 1.75 bits per heavy atom. The van der Waals surface area contributed by atoms with E-state index in [9.17, 15) is 13.2 Å². The van der Waals surface area contributed by atoms with E-state index in [1.807, 2.05) is 30.3 Å². The lowest BCUT2D eigenvalue weighted by atomic mass is 10.2. The zero-order valence-electron chi connectivity index (χ0n) is 17.4. The van der Waals surface area contributed by atoms with Crippen molar-refractivity contribution in [1.82, 2.24) is 0 Å². The Morgan fingerprint density at radius 1 is 1.03 bits per heavy atom. The molecule has 2 N–H and O–H groups in total. The lowest BCUT2D eigenvalue weighted by Gasteiger charge is -2.14. The van der Waals surface area contributed by atoms with E-state index in [-0.39, 0.29) is 27.3 Å². The molecule has 0 aliphatic carbocycles. The first-order valence-corrected chi connectivity index (χ1v) is 12.7. The number of carbonyl (C=O) groups is 1. The Bertz CT molecular complexity index is 1170. The monoisotopic (exact) mass is 490 g/mol. The highest BCUT2D eigenvalue weighted by atomic mass is 35.5. The van der Waals surface area contributed by atoms with Gasteiger partial charge in [0, 0.05) is 17.0 Å². The number of amides is 1. The van der Waals surface area contributed by atoms with Gasteiger partial charge in [0.05, 0.1) is 17.8 Å². The number of ether oxygens (including phenoxy) is 1. The van der Waals surface area contributed by atoms with Gasteiger partial charge < -0.3 is 10.1 Å². The molecule has 0 radical (unpaired) electrons. The third-order valence-corrected chi connectivity index (χ3v) is 7.23. The van der Waals surface area contributed by atoms with Gasteiger partial charge in [0.2, 0.25) is 5.91 Å². The summed E-state index contributed by atoms with van der Waals surface area (Å²) in [6.07, 6.45) is 1.02. The van der Waals surface area contributed by atoms with Gasteiger partial charge in [-0.2, -0.15) is 0 Å². The van der Waals surface area contributed by atoms with E-state index in [0.717, 1.165) is 10.6 Å². The van der Waals surface area contributed by atoms with Crippen LogP contribution in [0.1, 0.15) is 12.8 Å². The van der Waals surface area contributed by atoms with E-state index in [1.165, 1.54) is 19.2 Å². The summed E-state index contributed by atoms with van der Waals surface area (Å²) in [4.78, 5) is 13.4. The molecule has 1 amide bonds. The highest BCUT2D eigenvalue weighted by Gasteiger charge is 2.21. The fourth-order valence-electron chi connectivity index (χ4n) is 2.87. The second kappa shape index (κ2) is 11.3. The van der Waals surface area contributed by atoms with Gasteiger partial charge in [-0.15, -0.1) is 11.8 Å². The quantitative estimate of drug-likeness (QED) is 0.283. The van der Waals surface area contributed by atoms with Crippen molar-refractivity contribution in [2.45, 2.75) is 22.6 Å². The van der Waals surface area contributed by atoms with Crippen LogP contribution in [0.15, 0.2) is 82.6 Å². The maximum absolute atomic E-state index is 13.0. The summed E-state index contributed by atoms with van der Waals surface area (Å²) in [5.74, 6) is 0.773. The SMILES string of the molecule is COc1ccc(NC(=O)CCCSc2ccccc2)cc1S(=O)(=O)Nc1ccccc1Cl. The number of anilines is 2. The van der Waals surface area contributed by atoms with Gasteiger partial charge in [0.1, 0.15) is 10.6 Å². The lowest BCUT2D eigenvalue weighted by molar-refractivity contribution is -0.116. The minimum atomic E-state index is -4.00. The molecule has 0 saturated carbocycles. The number of sulfonamides is 1. The average Bonchev–Trinajstić information content (AvgIpc) is 2.79. The summed E-state index contributed by atoms with van der Waals surface area (Å²) in [6.45, 7) is 0. The number of carbonyl (C=O) groups excluding carboxylic acids is 1. The third-order valence-electron chi connectivity index (χ3n) is 4.42. The molecular weight excluding hydrogens is 468 g/mol. The largest absolute Gasteiger partial charge is 0.495 e. The van der Waals surface area contributed by atoms with Crippen molar-refractivity contribution in [3.63, 3.8) is 0 Å². The number of hydrogen-bond donors (Lipinski definition) is 2. The molecule has 0 spiro atoms. The molecule has 3 rings (SSSR count). The smallest absolute Gasteiger partial charge is 0.265 e. The molecule has 6 nitrogen and oxygen atoms in total. The Kier molecular flexibility index (Phi) is 8.44. The van der Waals surface area contributed by atoms with Gasteiger partial charge >= 0.3 is 0 Å². The zero-order valence-corrected chi connectivity index (χ0v) is 19.8. The van der Waals surface area contributed by atoms with E-state index >= 15 is 0 Å². The molecule has 0 fully saturated rings. The van der Waals surface area contributed by atoms with Gasteiger partial charge in [-0.05, 0) is 54.6 Å². The molecule has 0 unspecified atom stereocenters. The predicted molar refractivity (Wildman–Crippen MR) is 130 cm³/mol. The van der Waals surface area contributed by atoms with Crippen LogP contribution >= 0.6 is 23.4 Å². The normalized spacial score (nSPS) is 11.1. The fraction of sp³-hybridized carbons (Fsp3) is 0.174. The molecule has 0 saturated heterocycles. The molecule has 168 valence electrons. The van der Waals surface area contributed by atoms with E-state index in [4.69, 9.17) is 16.3 Å². The van der Waals surface area contributed by atoms with Crippen LogP contribution in [0.3, 0.4) is 0 Å². The summed E-state index contributed by atoms with van der Waals surface area (Å²) in [7, 11) is -2.62. The Hall–Kier alpha value is -2.68. The molecule has 0 aliphatic heterocycles. The molecule has 3 aromatic rings. The van der Waals surface area contributed by atoms with Crippen molar-refractivity contribution < 1.29 is 17.9 Å². The molecule has 9 heteroatoms. The van der Waals surface area contributed by atoms with Crippen molar-refractivity contribution >= 4 is 50.7 Å². The minimum absolute atomic E-state index is 0.0997. The number of para-hydroxylation sites is 1. The van der Waals surface area contributed by atoms with Crippen LogP contribution in [0, 0.1) is 0 Å². The molecule has 32 heavy (non-hydrogen) atoms. The zero-order chi connectivity index (χ0) is 23.0. The number of benzene rings is 3. The Labute approximate surface area is 197 Å². The fourth-order valence-corrected chi connectivity index (χ4v) is 5.26. The Balaban J connectivity index is 1.65. The van der Waals surface area contributed by atoms with Gasteiger partial charge in [0.25, 0.3) is 10.0 Å². The van der Waals surface area contributed by atoms with Crippen LogP contribution in [-0.2, 0) is 14.8 Å². The molecule has 0 aromatic heterocycles. The summed E-state index contributed by atoms with van der Waals surface area (Å²) < 4.78 is 33.6. The molecular formula is C23H23ClN2O4S2. The summed E-state index contributed by atoms with van der Waals surface area (Å²) >= 11 is 7.76. The maximum atomic E-state index is 13.0. The second-order valence-electron chi connectivity index (χ2n) is 6.76. The van der Waals surface area contributed by atoms with E-state index < -0.39 is 10.0 Å². The third kappa shape index (κ3) is 6.66. The van der Waals surface area contributed by atoms with Crippen LogP contribution in [-0.4, -0.2) is 27.2 Å². The first kappa shape index (κ1) is 24.0. The molecule has 3 aromatic carbocycles. The van der Waals surface area contributed by atoms with Gasteiger partial charge in [-0.1, -0.05) is 41.9 Å². The molecule has 0 atom stereocenters. The van der Waals surface area contributed by atoms with E-state index in [0.29, 0.717) is 18.5 Å². The number of rotatable bonds is 10. The molecule has 0 bridgehead atoms. The van der Waals surface area contributed by atoms with Crippen molar-refractivity contribution in [3.05, 3.63) is 77.8 Å². The average molecular weight is 491 g/mol. The highest BCUT2D eigenvalue weighted by Crippen LogP contribution is 2.31. The number of methoxy groups -OCH3 is 1. The molecule has 0 heterocycles. The van der Waals surface area contributed by atoms with E-state index in [2.05, 4.69) is 10.0 Å². The maximum Gasteiger partial charge on any atom is 0.265 e. The number of halogens is 1. The summed E-state index contributed by atoms with van der Waals surface area (Å²) in [5.41, 5.74) is 0.618. The van der Waals surface area contributed by atoms with Crippen molar-refractivity contribution in [2.75, 3.05) is 22.9 Å². The summed E-state index contributed by atoms with van der Waals surface area (Å²) in [6, 6.07) is 21.0. The van der Waals surface area contributed by atoms with Crippen molar-refractivity contribution in [1.29, 1.82) is 0 Å². The second-order valence-corrected chi connectivity index (χ2v) is 9.99. The number of hydrogen-bond acceptors (Lipinski definition) is 5. The summed E-state index contributed by atoms with van der Waals surface area (Å²) in [5, 5.41) is 3.03. The van der Waals surface area contributed by atoms with Crippen molar-refractivity contribution in [3.8, 4) is 5.75 Å². The number of thioether (sulfide) groups is 1. The van der Waals surface area contributed by atoms with Crippen molar-refractivity contribution in [2.24, 2.45) is 0 Å². The van der Waals surface area contributed by atoms with Crippen LogP contribution in [0.2, 0.25) is 5.02 Å². The molecule has 0 aliphatic rings. The first-order chi connectivity index (χ1) is 15.4. The van der Waals surface area contributed by atoms with Gasteiger partial charge in [-0.25, -0.2) is 8.42 Å². The number of nitrogens with one attached hydrogen (secondary N) is 2. The topological polar surface area (TPSA) is 84.5 Å². The van der Waals surface area contributed by atoms with Crippen LogP contribution < -0.4 is 14.8 Å². The van der Waals surface area contributed by atoms with Crippen LogP contribution in [0.4, 0.5) is 11.4 Å². The van der Waals surface area contributed by atoms with Gasteiger partial charge in [0.15, 0.2) is 0 Å². The lowest BCUT2D eigenvalue weighted by Crippen LogP contribution is -2.16.